The quantitative estimate of drug-likeness (QED) is 0.648. The van der Waals surface area contributed by atoms with Crippen molar-refractivity contribution in [2.45, 2.75) is 64.5 Å². The van der Waals surface area contributed by atoms with E-state index < -0.39 is 0 Å². The minimum Gasteiger partial charge on any atom is -0.315 e. The third kappa shape index (κ3) is 5.94. The number of rotatable bonds is 9. The second kappa shape index (κ2) is 10.1. The number of nitrogens with one attached hydrogen (secondary N) is 1. The van der Waals surface area contributed by atoms with Gasteiger partial charge in [0.05, 0.1) is 0 Å². The maximum atomic E-state index is 3.57. The van der Waals surface area contributed by atoms with Gasteiger partial charge in [-0.1, -0.05) is 26.2 Å². The fraction of sp³-hybridized carbons (Fsp3) is 1.00. The standard InChI is InChI=1S/C15H32N2S/c1-4-14(2)17(12-10-16-11-13-18-3)15-8-6-5-7-9-15/h14-16H,4-13H2,1-3H3. The number of nitrogens with zero attached hydrogens (tertiary/aromatic N) is 1. The van der Waals surface area contributed by atoms with E-state index in [2.05, 4.69) is 30.3 Å². The average Bonchev–Trinajstić information content (AvgIpc) is 2.43. The van der Waals surface area contributed by atoms with Crippen molar-refractivity contribution in [1.29, 1.82) is 0 Å². The molecule has 0 aromatic carbocycles. The third-order valence-corrected chi connectivity index (χ3v) is 4.84. The van der Waals surface area contributed by atoms with Gasteiger partial charge >= 0.3 is 0 Å². The molecule has 2 nitrogen and oxygen atoms in total. The Labute approximate surface area is 118 Å². The molecule has 0 saturated heterocycles. The van der Waals surface area contributed by atoms with E-state index in [-0.39, 0.29) is 0 Å². The van der Waals surface area contributed by atoms with E-state index in [1.54, 1.807) is 0 Å². The summed E-state index contributed by atoms with van der Waals surface area (Å²) in [5.41, 5.74) is 0. The summed E-state index contributed by atoms with van der Waals surface area (Å²) in [5, 5.41) is 3.57. The third-order valence-electron chi connectivity index (χ3n) is 4.23. The summed E-state index contributed by atoms with van der Waals surface area (Å²) in [4.78, 5) is 2.77. The average molecular weight is 273 g/mol. The summed E-state index contributed by atoms with van der Waals surface area (Å²) in [6, 6.07) is 1.60. The molecule has 1 unspecified atom stereocenters. The Morgan fingerprint density at radius 3 is 2.56 bits per heavy atom. The summed E-state index contributed by atoms with van der Waals surface area (Å²) in [6.07, 6.45) is 10.6. The van der Waals surface area contributed by atoms with Gasteiger partial charge in [0.1, 0.15) is 0 Å². The fourth-order valence-electron chi connectivity index (χ4n) is 2.92. The van der Waals surface area contributed by atoms with Crippen LogP contribution in [0.4, 0.5) is 0 Å². The number of thioether (sulfide) groups is 1. The van der Waals surface area contributed by atoms with Crippen LogP contribution in [0.1, 0.15) is 52.4 Å². The highest BCUT2D eigenvalue weighted by Gasteiger charge is 2.23. The lowest BCUT2D eigenvalue weighted by atomic mass is 9.93. The van der Waals surface area contributed by atoms with Crippen LogP contribution >= 0.6 is 11.8 Å². The lowest BCUT2D eigenvalue weighted by molar-refractivity contribution is 0.111. The Morgan fingerprint density at radius 2 is 1.94 bits per heavy atom. The monoisotopic (exact) mass is 272 g/mol. The maximum absolute atomic E-state index is 3.57. The smallest absolute Gasteiger partial charge is 0.0113 e. The first-order chi connectivity index (χ1) is 8.79. The highest BCUT2D eigenvalue weighted by Crippen LogP contribution is 2.24. The summed E-state index contributed by atoms with van der Waals surface area (Å²) >= 11 is 1.92. The molecule has 108 valence electrons. The van der Waals surface area contributed by atoms with Gasteiger partial charge in [0.15, 0.2) is 0 Å². The molecular weight excluding hydrogens is 240 g/mol. The van der Waals surface area contributed by atoms with Crippen molar-refractivity contribution in [2.75, 3.05) is 31.6 Å². The first-order valence-corrected chi connectivity index (χ1v) is 9.14. The Balaban J connectivity index is 2.30. The van der Waals surface area contributed by atoms with E-state index in [0.29, 0.717) is 0 Å². The minimum atomic E-state index is 0.746. The van der Waals surface area contributed by atoms with Crippen molar-refractivity contribution in [2.24, 2.45) is 0 Å². The van der Waals surface area contributed by atoms with Gasteiger partial charge in [0.2, 0.25) is 0 Å². The van der Waals surface area contributed by atoms with Crippen molar-refractivity contribution >= 4 is 11.8 Å². The summed E-state index contributed by atoms with van der Waals surface area (Å²) < 4.78 is 0. The molecule has 1 saturated carbocycles. The molecule has 1 atom stereocenters. The van der Waals surface area contributed by atoms with Gasteiger partial charge in [-0.2, -0.15) is 11.8 Å². The molecule has 0 radical (unpaired) electrons. The molecule has 0 spiro atoms. The zero-order valence-corrected chi connectivity index (χ0v) is 13.4. The Morgan fingerprint density at radius 1 is 1.22 bits per heavy atom. The molecule has 0 aromatic heterocycles. The zero-order chi connectivity index (χ0) is 13.2. The predicted molar refractivity (Wildman–Crippen MR) is 84.6 cm³/mol. The topological polar surface area (TPSA) is 15.3 Å². The fourth-order valence-corrected chi connectivity index (χ4v) is 3.27. The van der Waals surface area contributed by atoms with Crippen LogP contribution in [-0.2, 0) is 0 Å². The first kappa shape index (κ1) is 16.3. The van der Waals surface area contributed by atoms with Gasteiger partial charge in [-0.25, -0.2) is 0 Å². The Hall–Kier alpha value is 0.270. The number of hydrogen-bond acceptors (Lipinski definition) is 3. The molecule has 0 amide bonds. The maximum Gasteiger partial charge on any atom is 0.0113 e. The lowest BCUT2D eigenvalue weighted by Crippen LogP contribution is -2.46. The van der Waals surface area contributed by atoms with Crippen LogP contribution in [0.2, 0.25) is 0 Å². The molecule has 1 N–H and O–H groups in total. The predicted octanol–water partition coefficient (Wildman–Crippen LogP) is 3.37. The zero-order valence-electron chi connectivity index (χ0n) is 12.6. The highest BCUT2D eigenvalue weighted by molar-refractivity contribution is 7.98. The van der Waals surface area contributed by atoms with Gasteiger partial charge < -0.3 is 5.32 Å². The highest BCUT2D eigenvalue weighted by atomic mass is 32.2. The van der Waals surface area contributed by atoms with Crippen molar-refractivity contribution in [3.05, 3.63) is 0 Å². The second-order valence-electron chi connectivity index (χ2n) is 5.53. The van der Waals surface area contributed by atoms with E-state index >= 15 is 0 Å². The SMILES string of the molecule is CCC(C)N(CCNCCSC)C1CCCCC1. The van der Waals surface area contributed by atoms with E-state index in [1.807, 2.05) is 11.8 Å². The number of hydrogen-bond donors (Lipinski definition) is 1. The van der Waals surface area contributed by atoms with Crippen LogP contribution in [0.3, 0.4) is 0 Å². The van der Waals surface area contributed by atoms with Crippen LogP contribution < -0.4 is 5.32 Å². The van der Waals surface area contributed by atoms with E-state index in [1.165, 1.54) is 50.8 Å². The minimum absolute atomic E-state index is 0.746. The molecule has 1 fully saturated rings. The van der Waals surface area contributed by atoms with Crippen molar-refractivity contribution in [3.63, 3.8) is 0 Å². The van der Waals surface area contributed by atoms with Crippen LogP contribution in [-0.4, -0.2) is 48.6 Å². The normalized spacial score (nSPS) is 19.3. The van der Waals surface area contributed by atoms with Crippen LogP contribution in [0.5, 0.6) is 0 Å². The van der Waals surface area contributed by atoms with E-state index in [0.717, 1.165) is 25.2 Å². The Bertz CT molecular complexity index is 193. The van der Waals surface area contributed by atoms with Gasteiger partial charge in [-0.15, -0.1) is 0 Å². The Kier molecular flexibility index (Phi) is 9.16. The molecule has 0 aromatic rings. The van der Waals surface area contributed by atoms with Gasteiger partial charge in [0, 0.05) is 37.5 Å². The first-order valence-electron chi connectivity index (χ1n) is 7.75. The van der Waals surface area contributed by atoms with Crippen LogP contribution in [0, 0.1) is 0 Å². The van der Waals surface area contributed by atoms with E-state index in [9.17, 15) is 0 Å². The summed E-state index contributed by atoms with van der Waals surface area (Å²) in [7, 11) is 0. The lowest BCUT2D eigenvalue weighted by Gasteiger charge is -2.38. The molecule has 0 aliphatic heterocycles. The second-order valence-corrected chi connectivity index (χ2v) is 6.52. The van der Waals surface area contributed by atoms with Gasteiger partial charge in [-0.05, 0) is 32.4 Å². The molecule has 1 aliphatic rings. The molecular formula is C15H32N2S. The van der Waals surface area contributed by atoms with Crippen molar-refractivity contribution in [3.8, 4) is 0 Å². The molecule has 1 aliphatic carbocycles. The van der Waals surface area contributed by atoms with Gasteiger partial charge in [0.25, 0.3) is 0 Å². The van der Waals surface area contributed by atoms with Crippen molar-refractivity contribution in [1.82, 2.24) is 10.2 Å². The molecule has 0 heterocycles. The molecule has 0 bridgehead atoms. The summed E-state index contributed by atoms with van der Waals surface area (Å²) in [5.74, 6) is 1.23. The van der Waals surface area contributed by atoms with Gasteiger partial charge in [-0.3, -0.25) is 4.90 Å². The van der Waals surface area contributed by atoms with E-state index in [4.69, 9.17) is 0 Å². The van der Waals surface area contributed by atoms with Crippen LogP contribution in [0.25, 0.3) is 0 Å². The van der Waals surface area contributed by atoms with Crippen LogP contribution in [0.15, 0.2) is 0 Å². The molecule has 3 heteroatoms. The largest absolute Gasteiger partial charge is 0.315 e. The molecule has 18 heavy (non-hydrogen) atoms. The summed E-state index contributed by atoms with van der Waals surface area (Å²) in [6.45, 7) is 8.26. The van der Waals surface area contributed by atoms with Crippen molar-refractivity contribution < 1.29 is 0 Å². The molecule has 1 rings (SSSR count).